The molecule has 0 saturated heterocycles. The first kappa shape index (κ1) is 15.2. The molecule has 0 bridgehead atoms. The molecule has 0 aliphatic carbocycles. The molecule has 2 heterocycles. The average Bonchev–Trinajstić information content (AvgIpc) is 3.01. The Morgan fingerprint density at radius 3 is 2.96 bits per heavy atom. The van der Waals surface area contributed by atoms with Gasteiger partial charge in [-0.3, -0.25) is 9.78 Å². The van der Waals surface area contributed by atoms with Crippen LogP contribution in [0.25, 0.3) is 11.1 Å². The molecule has 6 nitrogen and oxygen atoms in total. The molecule has 116 valence electrons. The average molecular weight is 326 g/mol. The summed E-state index contributed by atoms with van der Waals surface area (Å²) in [6.45, 7) is 1.81. The highest BCUT2D eigenvalue weighted by Crippen LogP contribution is 2.22. The van der Waals surface area contributed by atoms with Crippen LogP contribution in [0.1, 0.15) is 12.5 Å². The Balaban J connectivity index is 1.55. The van der Waals surface area contributed by atoms with Crippen LogP contribution in [-0.2, 0) is 4.79 Å². The number of aromatic nitrogens is 2. The van der Waals surface area contributed by atoms with E-state index in [1.807, 2.05) is 43.3 Å². The highest BCUT2D eigenvalue weighted by atomic mass is 32.2. The minimum absolute atomic E-state index is 0.177. The van der Waals surface area contributed by atoms with E-state index < -0.39 is 0 Å². The first-order valence-electron chi connectivity index (χ1n) is 6.94. The Bertz CT molecular complexity index is 812. The topological polar surface area (TPSA) is 80.4 Å². The number of hydrogen-bond acceptors (Lipinski definition) is 6. The molecule has 2 aromatic heterocycles. The van der Waals surface area contributed by atoms with E-state index in [9.17, 15) is 4.79 Å². The van der Waals surface area contributed by atoms with Gasteiger partial charge in [-0.25, -0.2) is 10.4 Å². The van der Waals surface area contributed by atoms with Crippen LogP contribution in [0.2, 0.25) is 0 Å². The molecule has 23 heavy (non-hydrogen) atoms. The van der Waals surface area contributed by atoms with E-state index in [2.05, 4.69) is 20.5 Å². The van der Waals surface area contributed by atoms with Gasteiger partial charge in [0.25, 0.3) is 11.1 Å². The van der Waals surface area contributed by atoms with Gasteiger partial charge in [0.15, 0.2) is 5.58 Å². The Hall–Kier alpha value is -2.67. The third-order valence-electron chi connectivity index (χ3n) is 3.03. The summed E-state index contributed by atoms with van der Waals surface area (Å²) < 4.78 is 5.54. The Labute approximate surface area is 137 Å². The van der Waals surface area contributed by atoms with Crippen molar-refractivity contribution in [3.05, 3.63) is 54.4 Å². The number of para-hydroxylation sites is 2. The van der Waals surface area contributed by atoms with Gasteiger partial charge >= 0.3 is 0 Å². The smallest absolute Gasteiger partial charge is 0.257 e. The number of nitrogens with zero attached hydrogens (tertiary/aromatic N) is 3. The number of amides is 1. The van der Waals surface area contributed by atoms with Gasteiger partial charge in [0.2, 0.25) is 0 Å². The minimum atomic E-state index is -0.222. The molecule has 0 saturated carbocycles. The van der Waals surface area contributed by atoms with Crippen molar-refractivity contribution in [3.63, 3.8) is 0 Å². The number of nitrogens with one attached hydrogen (secondary N) is 1. The SMILES string of the molecule is CC(=NNC(=O)CSc1nc2ccccc2o1)c1cccnc1. The van der Waals surface area contributed by atoms with Gasteiger partial charge in [-0.15, -0.1) is 0 Å². The molecule has 0 aliphatic rings. The Morgan fingerprint density at radius 1 is 1.30 bits per heavy atom. The van der Waals surface area contributed by atoms with E-state index in [4.69, 9.17) is 4.42 Å². The molecule has 0 aliphatic heterocycles. The lowest BCUT2D eigenvalue weighted by molar-refractivity contribution is -0.118. The Morgan fingerprint density at radius 2 is 2.17 bits per heavy atom. The van der Waals surface area contributed by atoms with E-state index in [-0.39, 0.29) is 11.7 Å². The zero-order valence-electron chi connectivity index (χ0n) is 12.4. The molecule has 0 atom stereocenters. The summed E-state index contributed by atoms with van der Waals surface area (Å²) >= 11 is 1.23. The second-order valence-corrected chi connectivity index (χ2v) is 5.64. The summed E-state index contributed by atoms with van der Waals surface area (Å²) in [5, 5.41) is 4.53. The summed E-state index contributed by atoms with van der Waals surface area (Å²) in [6.07, 6.45) is 3.38. The standard InChI is InChI=1S/C16H14N4O2S/c1-11(12-5-4-8-17-9-12)19-20-15(21)10-23-16-18-13-6-2-3-7-14(13)22-16/h2-9H,10H2,1H3,(H,20,21). The van der Waals surface area contributed by atoms with E-state index >= 15 is 0 Å². The zero-order chi connectivity index (χ0) is 16.1. The van der Waals surface area contributed by atoms with Crippen molar-refractivity contribution in [1.82, 2.24) is 15.4 Å². The van der Waals surface area contributed by atoms with Crippen molar-refractivity contribution in [2.45, 2.75) is 12.1 Å². The van der Waals surface area contributed by atoms with Crippen molar-refractivity contribution < 1.29 is 9.21 Å². The highest BCUT2D eigenvalue weighted by molar-refractivity contribution is 7.99. The molecule has 0 radical (unpaired) electrons. The van der Waals surface area contributed by atoms with Crippen molar-refractivity contribution in [2.75, 3.05) is 5.75 Å². The van der Waals surface area contributed by atoms with E-state index in [0.29, 0.717) is 16.5 Å². The number of hydrazone groups is 1. The van der Waals surface area contributed by atoms with Gasteiger partial charge < -0.3 is 4.42 Å². The molecule has 3 rings (SSSR count). The lowest BCUT2D eigenvalue weighted by Crippen LogP contribution is -2.21. The van der Waals surface area contributed by atoms with Crippen LogP contribution in [-0.4, -0.2) is 27.3 Å². The van der Waals surface area contributed by atoms with Gasteiger partial charge in [-0.1, -0.05) is 30.0 Å². The number of benzene rings is 1. The molecule has 1 N–H and O–H groups in total. The second kappa shape index (κ2) is 7.06. The number of fused-ring (bicyclic) bond motifs is 1. The van der Waals surface area contributed by atoms with E-state index in [0.717, 1.165) is 11.1 Å². The monoisotopic (exact) mass is 326 g/mol. The van der Waals surface area contributed by atoms with Crippen LogP contribution in [0, 0.1) is 0 Å². The molecule has 7 heteroatoms. The fraction of sp³-hybridized carbons (Fsp3) is 0.125. The number of pyridine rings is 1. The van der Waals surface area contributed by atoms with E-state index in [1.54, 1.807) is 12.4 Å². The molecule has 0 spiro atoms. The third kappa shape index (κ3) is 3.95. The Kier molecular flexibility index (Phi) is 4.68. The molecular weight excluding hydrogens is 312 g/mol. The maximum absolute atomic E-state index is 11.8. The predicted molar refractivity (Wildman–Crippen MR) is 89.3 cm³/mol. The van der Waals surface area contributed by atoms with Crippen LogP contribution in [0.5, 0.6) is 0 Å². The lowest BCUT2D eigenvalue weighted by Gasteiger charge is -2.01. The summed E-state index contributed by atoms with van der Waals surface area (Å²) in [5.41, 5.74) is 5.56. The summed E-state index contributed by atoms with van der Waals surface area (Å²) in [6, 6.07) is 11.2. The number of hydrogen-bond donors (Lipinski definition) is 1. The third-order valence-corrected chi connectivity index (χ3v) is 3.86. The molecular formula is C16H14N4O2S. The summed E-state index contributed by atoms with van der Waals surface area (Å²) in [5.74, 6) is -0.0445. The van der Waals surface area contributed by atoms with Crippen LogP contribution in [0.15, 0.2) is 63.5 Å². The van der Waals surface area contributed by atoms with Gasteiger partial charge in [-0.05, 0) is 25.1 Å². The van der Waals surface area contributed by atoms with Gasteiger partial charge in [-0.2, -0.15) is 5.10 Å². The van der Waals surface area contributed by atoms with Crippen molar-refractivity contribution >= 4 is 34.5 Å². The molecule has 0 fully saturated rings. The first-order valence-corrected chi connectivity index (χ1v) is 7.93. The molecule has 3 aromatic rings. The summed E-state index contributed by atoms with van der Waals surface area (Å²) in [4.78, 5) is 20.2. The summed E-state index contributed by atoms with van der Waals surface area (Å²) in [7, 11) is 0. The zero-order valence-corrected chi connectivity index (χ0v) is 13.2. The van der Waals surface area contributed by atoms with Crippen LogP contribution in [0.4, 0.5) is 0 Å². The number of rotatable bonds is 5. The normalized spacial score (nSPS) is 11.6. The fourth-order valence-corrected chi connectivity index (χ4v) is 2.49. The molecule has 0 unspecified atom stereocenters. The van der Waals surface area contributed by atoms with E-state index in [1.165, 1.54) is 11.8 Å². The minimum Gasteiger partial charge on any atom is -0.431 e. The van der Waals surface area contributed by atoms with Gasteiger partial charge in [0, 0.05) is 18.0 Å². The lowest BCUT2D eigenvalue weighted by atomic mass is 10.2. The number of carbonyl (C=O) groups is 1. The predicted octanol–water partition coefficient (Wildman–Crippen LogP) is 2.86. The first-order chi connectivity index (χ1) is 11.2. The number of oxazole rings is 1. The van der Waals surface area contributed by atoms with Crippen LogP contribution < -0.4 is 5.43 Å². The van der Waals surface area contributed by atoms with Crippen LogP contribution >= 0.6 is 11.8 Å². The molecule has 1 amide bonds. The van der Waals surface area contributed by atoms with Crippen molar-refractivity contribution in [1.29, 1.82) is 0 Å². The van der Waals surface area contributed by atoms with Crippen LogP contribution in [0.3, 0.4) is 0 Å². The molecule has 1 aromatic carbocycles. The van der Waals surface area contributed by atoms with Gasteiger partial charge in [0.05, 0.1) is 11.5 Å². The number of thioether (sulfide) groups is 1. The van der Waals surface area contributed by atoms with Crippen molar-refractivity contribution in [2.24, 2.45) is 5.10 Å². The maximum Gasteiger partial charge on any atom is 0.257 e. The largest absolute Gasteiger partial charge is 0.431 e. The fourth-order valence-electron chi connectivity index (χ4n) is 1.86. The van der Waals surface area contributed by atoms with Gasteiger partial charge in [0.1, 0.15) is 5.52 Å². The number of carbonyl (C=O) groups excluding carboxylic acids is 1. The second-order valence-electron chi connectivity index (χ2n) is 4.71. The maximum atomic E-state index is 11.8. The quantitative estimate of drug-likeness (QED) is 0.443. The van der Waals surface area contributed by atoms with Crippen molar-refractivity contribution in [3.8, 4) is 0 Å². The highest BCUT2D eigenvalue weighted by Gasteiger charge is 2.08.